The predicted octanol–water partition coefficient (Wildman–Crippen LogP) is 4.10. The van der Waals surface area contributed by atoms with E-state index in [0.717, 1.165) is 9.85 Å². The summed E-state index contributed by atoms with van der Waals surface area (Å²) in [5.74, 6) is -1.91. The summed E-state index contributed by atoms with van der Waals surface area (Å²) in [4.78, 5) is 23.6. The molecule has 0 fully saturated rings. The van der Waals surface area contributed by atoms with Gasteiger partial charge >= 0.3 is 5.97 Å². The number of carbonyl (C=O) groups excluding carboxylic acids is 2. The number of amides is 1. The second kappa shape index (κ2) is 7.02. The maximum atomic E-state index is 13.5. The number of esters is 1. The zero-order chi connectivity index (χ0) is 15.4. The van der Waals surface area contributed by atoms with Crippen LogP contribution in [0.15, 0.2) is 34.1 Å². The minimum atomic E-state index is -0.663. The van der Waals surface area contributed by atoms with Crippen molar-refractivity contribution in [2.75, 3.05) is 11.9 Å². The molecule has 0 atom stereocenters. The van der Waals surface area contributed by atoms with Gasteiger partial charge in [0, 0.05) is 5.02 Å². The first kappa shape index (κ1) is 15.9. The molecule has 0 radical (unpaired) electrons. The van der Waals surface area contributed by atoms with Gasteiger partial charge in [-0.15, -0.1) is 11.3 Å². The SMILES string of the molecule is O=C(COC(=O)c1ccc(Br)s1)Nc1ccc(Cl)cc1F. The lowest BCUT2D eigenvalue weighted by Gasteiger charge is -2.07. The molecule has 4 nitrogen and oxygen atoms in total. The molecule has 1 aromatic heterocycles. The van der Waals surface area contributed by atoms with Gasteiger partial charge in [-0.3, -0.25) is 4.79 Å². The Labute approximate surface area is 137 Å². The average molecular weight is 393 g/mol. The highest BCUT2D eigenvalue weighted by Crippen LogP contribution is 2.22. The number of hydrogen-bond acceptors (Lipinski definition) is 4. The van der Waals surface area contributed by atoms with E-state index in [2.05, 4.69) is 21.2 Å². The van der Waals surface area contributed by atoms with E-state index in [9.17, 15) is 14.0 Å². The molecule has 1 amide bonds. The molecule has 1 heterocycles. The number of hydrogen-bond donors (Lipinski definition) is 1. The quantitative estimate of drug-likeness (QED) is 0.797. The summed E-state index contributed by atoms with van der Waals surface area (Å²) in [6.07, 6.45) is 0. The van der Waals surface area contributed by atoms with E-state index < -0.39 is 24.3 Å². The van der Waals surface area contributed by atoms with Gasteiger partial charge in [0.15, 0.2) is 6.61 Å². The maximum Gasteiger partial charge on any atom is 0.348 e. The van der Waals surface area contributed by atoms with Crippen molar-refractivity contribution in [3.05, 3.63) is 49.8 Å². The Morgan fingerprint density at radius 3 is 2.71 bits per heavy atom. The average Bonchev–Trinajstić information content (AvgIpc) is 2.86. The molecule has 2 rings (SSSR count). The monoisotopic (exact) mass is 391 g/mol. The molecule has 0 aliphatic carbocycles. The first-order valence-corrected chi connectivity index (χ1v) is 7.62. The standard InChI is InChI=1S/C13H8BrClFNO3S/c14-11-4-3-10(21-11)13(19)20-6-12(18)17-9-2-1-7(15)5-8(9)16/h1-5H,6H2,(H,17,18). The van der Waals surface area contributed by atoms with Crippen molar-refractivity contribution in [3.63, 3.8) is 0 Å². The molecule has 0 spiro atoms. The number of benzene rings is 1. The smallest absolute Gasteiger partial charge is 0.348 e. The Kier molecular flexibility index (Phi) is 5.33. The summed E-state index contributed by atoms with van der Waals surface area (Å²) in [5, 5.41) is 2.52. The van der Waals surface area contributed by atoms with Crippen molar-refractivity contribution >= 4 is 56.4 Å². The van der Waals surface area contributed by atoms with Crippen LogP contribution in [0.5, 0.6) is 0 Å². The highest BCUT2D eigenvalue weighted by atomic mass is 79.9. The van der Waals surface area contributed by atoms with Crippen molar-refractivity contribution in [2.24, 2.45) is 0 Å². The van der Waals surface area contributed by atoms with E-state index in [-0.39, 0.29) is 10.7 Å². The molecule has 0 aliphatic rings. The van der Waals surface area contributed by atoms with Gasteiger partial charge in [-0.1, -0.05) is 11.6 Å². The Morgan fingerprint density at radius 2 is 2.10 bits per heavy atom. The summed E-state index contributed by atoms with van der Waals surface area (Å²) < 4.78 is 19.1. The number of halogens is 3. The van der Waals surface area contributed by atoms with Crippen LogP contribution in [0, 0.1) is 5.82 Å². The third kappa shape index (κ3) is 4.52. The zero-order valence-electron chi connectivity index (χ0n) is 10.4. The maximum absolute atomic E-state index is 13.5. The van der Waals surface area contributed by atoms with Crippen molar-refractivity contribution in [1.29, 1.82) is 0 Å². The number of ether oxygens (including phenoxy) is 1. The molecule has 110 valence electrons. The van der Waals surface area contributed by atoms with Gasteiger partial charge in [-0.25, -0.2) is 9.18 Å². The molecule has 1 aromatic carbocycles. The normalized spacial score (nSPS) is 10.2. The molecule has 0 saturated heterocycles. The molecule has 2 aromatic rings. The summed E-state index contributed by atoms with van der Waals surface area (Å²) in [6, 6.07) is 7.12. The van der Waals surface area contributed by atoms with Crippen molar-refractivity contribution < 1.29 is 18.7 Å². The van der Waals surface area contributed by atoms with Crippen LogP contribution in [-0.2, 0) is 9.53 Å². The lowest BCUT2D eigenvalue weighted by molar-refractivity contribution is -0.119. The van der Waals surface area contributed by atoms with Gasteiger partial charge in [-0.2, -0.15) is 0 Å². The highest BCUT2D eigenvalue weighted by Gasteiger charge is 2.13. The van der Waals surface area contributed by atoms with Gasteiger partial charge in [0.25, 0.3) is 5.91 Å². The largest absolute Gasteiger partial charge is 0.451 e. The third-order valence-electron chi connectivity index (χ3n) is 2.31. The van der Waals surface area contributed by atoms with Crippen LogP contribution < -0.4 is 5.32 Å². The van der Waals surface area contributed by atoms with Gasteiger partial charge < -0.3 is 10.1 Å². The summed E-state index contributed by atoms with van der Waals surface area (Å²) in [6.45, 7) is -0.504. The minimum absolute atomic E-state index is 0.0284. The number of rotatable bonds is 4. The highest BCUT2D eigenvalue weighted by molar-refractivity contribution is 9.11. The molecule has 0 bridgehead atoms. The molecular formula is C13H8BrClFNO3S. The first-order valence-electron chi connectivity index (χ1n) is 5.63. The van der Waals surface area contributed by atoms with Gasteiger partial charge in [0.2, 0.25) is 0 Å². The van der Waals surface area contributed by atoms with Gasteiger partial charge in [-0.05, 0) is 46.3 Å². The molecule has 0 aliphatic heterocycles. The van der Waals surface area contributed by atoms with Gasteiger partial charge in [0.1, 0.15) is 10.7 Å². The van der Waals surface area contributed by atoms with Crippen LogP contribution in [0.3, 0.4) is 0 Å². The molecule has 8 heteroatoms. The van der Waals surface area contributed by atoms with Crippen LogP contribution in [0.2, 0.25) is 5.02 Å². The van der Waals surface area contributed by atoms with Crippen molar-refractivity contribution in [2.45, 2.75) is 0 Å². The second-order valence-electron chi connectivity index (χ2n) is 3.85. The molecule has 1 N–H and O–H groups in total. The number of carbonyl (C=O) groups is 2. The Morgan fingerprint density at radius 1 is 1.33 bits per heavy atom. The topological polar surface area (TPSA) is 55.4 Å². The van der Waals surface area contributed by atoms with E-state index in [1.807, 2.05) is 0 Å². The zero-order valence-corrected chi connectivity index (χ0v) is 13.5. The van der Waals surface area contributed by atoms with Crippen LogP contribution >= 0.6 is 38.9 Å². The van der Waals surface area contributed by atoms with Crippen molar-refractivity contribution in [3.8, 4) is 0 Å². The Hall–Kier alpha value is -1.44. The van der Waals surface area contributed by atoms with E-state index in [0.29, 0.717) is 4.88 Å². The number of thiophene rings is 1. The fourth-order valence-corrected chi connectivity index (χ4v) is 2.84. The molecule has 21 heavy (non-hydrogen) atoms. The first-order chi connectivity index (χ1) is 9.95. The Balaban J connectivity index is 1.89. The molecular weight excluding hydrogens is 385 g/mol. The van der Waals surface area contributed by atoms with Crippen molar-refractivity contribution in [1.82, 2.24) is 0 Å². The number of anilines is 1. The van der Waals surface area contributed by atoms with E-state index in [4.69, 9.17) is 16.3 Å². The summed E-state index contributed by atoms with van der Waals surface area (Å²) in [7, 11) is 0. The molecule has 0 unspecified atom stereocenters. The summed E-state index contributed by atoms with van der Waals surface area (Å²) in [5.41, 5.74) is -0.0284. The van der Waals surface area contributed by atoms with Crippen LogP contribution in [0.25, 0.3) is 0 Å². The van der Waals surface area contributed by atoms with Crippen LogP contribution in [0.1, 0.15) is 9.67 Å². The second-order valence-corrected chi connectivity index (χ2v) is 6.75. The fourth-order valence-electron chi connectivity index (χ4n) is 1.40. The minimum Gasteiger partial charge on any atom is -0.451 e. The van der Waals surface area contributed by atoms with E-state index in [1.54, 1.807) is 12.1 Å². The van der Waals surface area contributed by atoms with E-state index >= 15 is 0 Å². The Bertz CT molecular complexity index is 692. The van der Waals surface area contributed by atoms with Crippen LogP contribution in [-0.4, -0.2) is 18.5 Å². The van der Waals surface area contributed by atoms with Gasteiger partial charge in [0.05, 0.1) is 9.47 Å². The van der Waals surface area contributed by atoms with E-state index in [1.165, 1.54) is 23.5 Å². The summed E-state index contributed by atoms with van der Waals surface area (Å²) >= 11 is 10.0. The predicted molar refractivity (Wildman–Crippen MR) is 82.3 cm³/mol. The lowest BCUT2D eigenvalue weighted by Crippen LogP contribution is -2.21. The number of nitrogens with one attached hydrogen (secondary N) is 1. The third-order valence-corrected chi connectivity index (χ3v) is 4.15. The lowest BCUT2D eigenvalue weighted by atomic mass is 10.3. The fraction of sp³-hybridized carbons (Fsp3) is 0.0769. The molecule has 0 saturated carbocycles. The van der Waals surface area contributed by atoms with Crippen LogP contribution in [0.4, 0.5) is 10.1 Å².